The van der Waals surface area contributed by atoms with Crippen LogP contribution in [0, 0.1) is 0 Å². The van der Waals surface area contributed by atoms with Gasteiger partial charge >= 0.3 is 5.69 Å². The van der Waals surface area contributed by atoms with Gasteiger partial charge < -0.3 is 20.1 Å². The minimum absolute atomic E-state index is 0.0136. The van der Waals surface area contributed by atoms with E-state index >= 15 is 0 Å². The Labute approximate surface area is 200 Å². The summed E-state index contributed by atoms with van der Waals surface area (Å²) in [5.41, 5.74) is 5.90. The topological polar surface area (TPSA) is 120 Å². The summed E-state index contributed by atoms with van der Waals surface area (Å²) in [5.74, 6) is 0.452. The van der Waals surface area contributed by atoms with Gasteiger partial charge in [0.25, 0.3) is 11.5 Å². The number of nitrogen functional groups attached to an aromatic ring is 1. The van der Waals surface area contributed by atoms with E-state index in [1.54, 1.807) is 6.07 Å². The molecule has 0 atom stereocenters. The predicted octanol–water partition coefficient (Wildman–Crippen LogP) is 3.56. The second kappa shape index (κ2) is 13.3. The maximum Gasteiger partial charge on any atom is 0.330 e. The van der Waals surface area contributed by atoms with Crippen LogP contribution < -0.4 is 31.4 Å². The van der Waals surface area contributed by atoms with Gasteiger partial charge in [-0.1, -0.05) is 51.3 Å². The van der Waals surface area contributed by atoms with Gasteiger partial charge in [0, 0.05) is 13.1 Å². The molecular formula is C25H36N4O5. The second-order valence-electron chi connectivity index (χ2n) is 7.95. The van der Waals surface area contributed by atoms with Crippen LogP contribution in [0.15, 0.2) is 33.9 Å². The highest BCUT2D eigenvalue weighted by Gasteiger charge is 2.24. The third-order valence-electron chi connectivity index (χ3n) is 5.40. The molecule has 0 fully saturated rings. The van der Waals surface area contributed by atoms with Crippen molar-refractivity contribution in [2.45, 2.75) is 59.4 Å². The third kappa shape index (κ3) is 6.76. The molecule has 2 rings (SSSR count). The van der Waals surface area contributed by atoms with Crippen LogP contribution in [0.1, 0.15) is 58.4 Å². The number of unbranched alkanes of at least 4 members (excludes halogenated alkanes) is 3. The molecule has 0 spiro atoms. The lowest BCUT2D eigenvalue weighted by Crippen LogP contribution is -2.43. The largest absolute Gasteiger partial charge is 0.493 e. The number of carbonyl (C=O) groups excluding carboxylic acids is 1. The fraction of sp³-hybridized carbons (Fsp3) is 0.480. The van der Waals surface area contributed by atoms with Crippen molar-refractivity contribution in [2.24, 2.45) is 0 Å². The summed E-state index contributed by atoms with van der Waals surface area (Å²) in [5, 5.41) is 0. The van der Waals surface area contributed by atoms with Gasteiger partial charge in [-0.05, 0) is 37.5 Å². The van der Waals surface area contributed by atoms with Crippen molar-refractivity contribution in [3.63, 3.8) is 0 Å². The van der Waals surface area contributed by atoms with Gasteiger partial charge in [-0.3, -0.25) is 19.1 Å². The van der Waals surface area contributed by atoms with Gasteiger partial charge in [0.1, 0.15) is 5.82 Å². The summed E-state index contributed by atoms with van der Waals surface area (Å²) in [6, 6.07) is 5.40. The second-order valence-corrected chi connectivity index (χ2v) is 7.95. The molecule has 186 valence electrons. The molecule has 34 heavy (non-hydrogen) atoms. The molecule has 0 saturated heterocycles. The van der Waals surface area contributed by atoms with Crippen molar-refractivity contribution in [1.82, 2.24) is 9.55 Å². The van der Waals surface area contributed by atoms with Gasteiger partial charge in [0.05, 0.1) is 7.11 Å². The molecule has 0 aliphatic heterocycles. The zero-order chi connectivity index (χ0) is 25.1. The molecule has 0 unspecified atom stereocenters. The monoisotopic (exact) mass is 472 g/mol. The van der Waals surface area contributed by atoms with Crippen molar-refractivity contribution < 1.29 is 14.3 Å². The van der Waals surface area contributed by atoms with E-state index in [1.807, 2.05) is 45.1 Å². The van der Waals surface area contributed by atoms with Crippen LogP contribution >= 0.6 is 0 Å². The average Bonchev–Trinajstić information content (AvgIpc) is 2.82. The fourth-order valence-corrected chi connectivity index (χ4v) is 3.57. The van der Waals surface area contributed by atoms with Crippen molar-refractivity contribution in [1.29, 1.82) is 0 Å². The number of nitrogens with zero attached hydrogens (tertiary/aromatic N) is 2. The maximum atomic E-state index is 13.2. The van der Waals surface area contributed by atoms with E-state index in [2.05, 4.69) is 4.98 Å². The Morgan fingerprint density at radius 3 is 2.53 bits per heavy atom. The number of nitrogens with one attached hydrogen (secondary N) is 1. The zero-order valence-electron chi connectivity index (χ0n) is 20.6. The van der Waals surface area contributed by atoms with E-state index in [0.717, 1.165) is 24.8 Å². The number of anilines is 2. The minimum Gasteiger partial charge on any atom is -0.493 e. The number of carbonyl (C=O) groups is 1. The maximum absolute atomic E-state index is 13.2. The Morgan fingerprint density at radius 2 is 1.88 bits per heavy atom. The molecule has 9 nitrogen and oxygen atoms in total. The number of ether oxygens (including phenoxy) is 2. The first-order chi connectivity index (χ1) is 16.4. The third-order valence-corrected chi connectivity index (χ3v) is 5.40. The van der Waals surface area contributed by atoms with E-state index in [9.17, 15) is 14.4 Å². The average molecular weight is 473 g/mol. The highest BCUT2D eigenvalue weighted by molar-refractivity contribution is 5.96. The SMILES string of the molecule is C/C=C/c1ccc(OCC(=O)N(CCCCC)c2c(N)n(CCCC)c(=O)[nH]c2=O)c(OC)c1. The van der Waals surface area contributed by atoms with E-state index in [-0.39, 0.29) is 24.7 Å². The summed E-state index contributed by atoms with van der Waals surface area (Å²) in [7, 11) is 1.53. The van der Waals surface area contributed by atoms with Crippen LogP contribution in [0.5, 0.6) is 11.5 Å². The number of rotatable bonds is 13. The van der Waals surface area contributed by atoms with Crippen LogP contribution in [0.3, 0.4) is 0 Å². The Kier molecular flexibility index (Phi) is 10.4. The number of hydrogen-bond donors (Lipinski definition) is 2. The van der Waals surface area contributed by atoms with E-state index in [1.165, 1.54) is 16.6 Å². The number of hydrogen-bond acceptors (Lipinski definition) is 6. The van der Waals surface area contributed by atoms with Crippen LogP contribution in [-0.4, -0.2) is 35.7 Å². The first-order valence-corrected chi connectivity index (χ1v) is 11.7. The standard InChI is InChI=1S/C25H36N4O5/c1-5-8-10-15-28(22-23(26)29(14-9-6-2)25(32)27-24(22)31)21(30)17-34-19-13-12-18(11-7-3)16-20(19)33-4/h7,11-13,16H,5-6,8-10,14-15,17,26H2,1-4H3,(H,27,31,32)/b11-7+. The van der Waals surface area contributed by atoms with Crippen molar-refractivity contribution in [3.8, 4) is 11.5 Å². The molecule has 0 aliphatic carbocycles. The molecule has 1 heterocycles. The lowest BCUT2D eigenvalue weighted by atomic mass is 10.2. The summed E-state index contributed by atoms with van der Waals surface area (Å²) in [4.78, 5) is 41.9. The number of allylic oxidation sites excluding steroid dienone is 1. The van der Waals surface area contributed by atoms with Gasteiger partial charge in [0.15, 0.2) is 23.8 Å². The van der Waals surface area contributed by atoms with Crippen LogP contribution in [0.2, 0.25) is 0 Å². The number of nitrogens with two attached hydrogens (primary N) is 1. The molecule has 3 N–H and O–H groups in total. The molecule has 2 aromatic rings. The number of aromatic amines is 1. The summed E-state index contributed by atoms with van der Waals surface area (Å²) in [6.45, 7) is 6.27. The summed E-state index contributed by atoms with van der Waals surface area (Å²) >= 11 is 0. The molecule has 0 radical (unpaired) electrons. The Bertz CT molecular complexity index is 1100. The normalized spacial score (nSPS) is 11.1. The molecule has 0 aliphatic rings. The number of H-pyrrole nitrogens is 1. The fourth-order valence-electron chi connectivity index (χ4n) is 3.57. The molecule has 1 aromatic heterocycles. The molecule has 0 bridgehead atoms. The van der Waals surface area contributed by atoms with Crippen LogP contribution in [-0.2, 0) is 11.3 Å². The smallest absolute Gasteiger partial charge is 0.330 e. The number of benzene rings is 1. The Balaban J connectivity index is 2.36. The lowest BCUT2D eigenvalue weighted by Gasteiger charge is -2.25. The number of amides is 1. The van der Waals surface area contributed by atoms with Crippen molar-refractivity contribution >= 4 is 23.5 Å². The molecule has 1 aromatic carbocycles. The minimum atomic E-state index is -0.687. The summed E-state index contributed by atoms with van der Waals surface area (Å²) < 4.78 is 12.5. The Morgan fingerprint density at radius 1 is 1.15 bits per heavy atom. The quantitative estimate of drug-likeness (QED) is 0.430. The molecular weight excluding hydrogens is 436 g/mol. The van der Waals surface area contributed by atoms with Crippen LogP contribution in [0.4, 0.5) is 11.5 Å². The molecule has 0 saturated carbocycles. The van der Waals surface area contributed by atoms with Gasteiger partial charge in [0.2, 0.25) is 0 Å². The molecule has 1 amide bonds. The van der Waals surface area contributed by atoms with E-state index < -0.39 is 17.2 Å². The van der Waals surface area contributed by atoms with Crippen molar-refractivity contribution in [2.75, 3.05) is 30.9 Å². The molecule has 9 heteroatoms. The number of methoxy groups -OCH3 is 1. The first kappa shape index (κ1) is 26.8. The first-order valence-electron chi connectivity index (χ1n) is 11.7. The Hall–Kier alpha value is -3.49. The van der Waals surface area contributed by atoms with Crippen molar-refractivity contribution in [3.05, 3.63) is 50.7 Å². The highest BCUT2D eigenvalue weighted by Crippen LogP contribution is 2.29. The van der Waals surface area contributed by atoms with E-state index in [0.29, 0.717) is 30.9 Å². The van der Waals surface area contributed by atoms with Gasteiger partial charge in [-0.2, -0.15) is 0 Å². The van der Waals surface area contributed by atoms with Gasteiger partial charge in [-0.25, -0.2) is 4.79 Å². The number of aromatic nitrogens is 2. The zero-order valence-corrected chi connectivity index (χ0v) is 20.6. The predicted molar refractivity (Wildman–Crippen MR) is 136 cm³/mol. The van der Waals surface area contributed by atoms with E-state index in [4.69, 9.17) is 15.2 Å². The lowest BCUT2D eigenvalue weighted by molar-refractivity contribution is -0.120. The summed E-state index contributed by atoms with van der Waals surface area (Å²) in [6.07, 6.45) is 7.89. The van der Waals surface area contributed by atoms with Gasteiger partial charge in [-0.15, -0.1) is 0 Å². The van der Waals surface area contributed by atoms with Crippen LogP contribution in [0.25, 0.3) is 6.08 Å². The highest BCUT2D eigenvalue weighted by atomic mass is 16.5.